The summed E-state index contributed by atoms with van der Waals surface area (Å²) in [4.78, 5) is 9.46. The van der Waals surface area contributed by atoms with Gasteiger partial charge in [0, 0.05) is 37.4 Å². The van der Waals surface area contributed by atoms with Gasteiger partial charge in [-0.15, -0.1) is 0 Å². The van der Waals surface area contributed by atoms with Gasteiger partial charge in [-0.25, -0.2) is 13.4 Å². The second-order valence-electron chi connectivity index (χ2n) is 6.21. The number of piperazine rings is 1. The quantitative estimate of drug-likeness (QED) is 0.754. The molecule has 3 aromatic rings. The number of hydrogen-bond acceptors (Lipinski definition) is 6. The van der Waals surface area contributed by atoms with E-state index in [1.807, 2.05) is 25.2 Å². The number of aromatic amines is 1. The number of imidazole rings is 1. The standard InChI is InChI=1S/C16H19N5O3S/c1-20-8-9-21(10-14(20)16-17-6-7-18-16)25(22,23)11-13-12-4-2-3-5-15(12)24-19-13/h2-7,14H,8-11H2,1H3,(H,17,18)/t14-/m0/s1. The summed E-state index contributed by atoms with van der Waals surface area (Å²) in [5.41, 5.74) is 1.05. The smallest absolute Gasteiger partial charge is 0.220 e. The summed E-state index contributed by atoms with van der Waals surface area (Å²) in [5, 5.41) is 4.69. The van der Waals surface area contributed by atoms with Crippen LogP contribution in [0.25, 0.3) is 11.0 Å². The number of rotatable bonds is 4. The summed E-state index contributed by atoms with van der Waals surface area (Å²) in [6.45, 7) is 1.46. The molecule has 2 aromatic heterocycles. The first-order chi connectivity index (χ1) is 12.0. The van der Waals surface area contributed by atoms with Crippen molar-refractivity contribution in [1.29, 1.82) is 0 Å². The maximum Gasteiger partial charge on any atom is 0.220 e. The van der Waals surface area contributed by atoms with E-state index in [-0.39, 0.29) is 11.8 Å². The van der Waals surface area contributed by atoms with E-state index in [2.05, 4.69) is 20.0 Å². The molecular weight excluding hydrogens is 342 g/mol. The van der Waals surface area contributed by atoms with Gasteiger partial charge >= 0.3 is 0 Å². The van der Waals surface area contributed by atoms with Gasteiger partial charge in [-0.2, -0.15) is 4.31 Å². The van der Waals surface area contributed by atoms with Gasteiger partial charge in [0.1, 0.15) is 17.3 Å². The third-order valence-electron chi connectivity index (χ3n) is 4.61. The van der Waals surface area contributed by atoms with Crippen LogP contribution in [0.4, 0.5) is 0 Å². The number of nitrogens with zero attached hydrogens (tertiary/aromatic N) is 4. The van der Waals surface area contributed by atoms with Crippen LogP contribution in [0.2, 0.25) is 0 Å². The largest absolute Gasteiger partial charge is 0.356 e. The lowest BCUT2D eigenvalue weighted by atomic mass is 10.2. The summed E-state index contributed by atoms with van der Waals surface area (Å²) in [6, 6.07) is 7.19. The summed E-state index contributed by atoms with van der Waals surface area (Å²) < 4.78 is 32.6. The van der Waals surface area contributed by atoms with Crippen molar-refractivity contribution >= 4 is 21.0 Å². The minimum absolute atomic E-state index is 0.0902. The van der Waals surface area contributed by atoms with Gasteiger partial charge in [0.05, 0.1) is 6.04 Å². The first kappa shape index (κ1) is 16.2. The Morgan fingerprint density at radius 2 is 2.16 bits per heavy atom. The second kappa shape index (κ2) is 6.25. The minimum Gasteiger partial charge on any atom is -0.356 e. The average Bonchev–Trinajstić information content (AvgIpc) is 3.25. The van der Waals surface area contributed by atoms with Gasteiger partial charge in [-0.1, -0.05) is 17.3 Å². The number of H-pyrrole nitrogens is 1. The van der Waals surface area contributed by atoms with Crippen molar-refractivity contribution < 1.29 is 12.9 Å². The van der Waals surface area contributed by atoms with Crippen LogP contribution in [0.3, 0.4) is 0 Å². The van der Waals surface area contributed by atoms with Crippen LogP contribution in [0, 0.1) is 0 Å². The van der Waals surface area contributed by atoms with Crippen molar-refractivity contribution in [2.24, 2.45) is 0 Å². The molecule has 0 radical (unpaired) electrons. The Kier molecular flexibility index (Phi) is 4.06. The Bertz CT molecular complexity index is 967. The van der Waals surface area contributed by atoms with Crippen LogP contribution in [0.5, 0.6) is 0 Å². The predicted molar refractivity (Wildman–Crippen MR) is 92.2 cm³/mol. The summed E-state index contributed by atoms with van der Waals surface area (Å²) in [5.74, 6) is 0.604. The molecule has 0 unspecified atom stereocenters. The molecule has 1 atom stereocenters. The normalized spacial score (nSPS) is 20.3. The van der Waals surface area contributed by atoms with Crippen LogP contribution < -0.4 is 0 Å². The fourth-order valence-electron chi connectivity index (χ4n) is 3.16. The molecule has 0 bridgehead atoms. The molecule has 4 rings (SSSR count). The number of hydrogen-bond donors (Lipinski definition) is 1. The fourth-order valence-corrected chi connectivity index (χ4v) is 4.63. The molecule has 1 aliphatic heterocycles. The van der Waals surface area contributed by atoms with E-state index in [9.17, 15) is 8.42 Å². The summed E-state index contributed by atoms with van der Waals surface area (Å²) in [7, 11) is -1.53. The van der Waals surface area contributed by atoms with Crippen molar-refractivity contribution in [3.05, 3.63) is 48.2 Å². The van der Waals surface area contributed by atoms with E-state index in [1.165, 1.54) is 4.31 Å². The highest BCUT2D eigenvalue weighted by Crippen LogP contribution is 2.26. The number of para-hydroxylation sites is 1. The van der Waals surface area contributed by atoms with Gasteiger partial charge in [0.25, 0.3) is 0 Å². The number of fused-ring (bicyclic) bond motifs is 1. The Labute approximate surface area is 145 Å². The molecule has 1 fully saturated rings. The minimum atomic E-state index is -3.50. The van der Waals surface area contributed by atoms with Crippen molar-refractivity contribution in [3.63, 3.8) is 0 Å². The van der Waals surface area contributed by atoms with Gasteiger partial charge in [-0.3, -0.25) is 4.90 Å². The lowest BCUT2D eigenvalue weighted by Crippen LogP contribution is -2.49. The molecule has 1 saturated heterocycles. The highest BCUT2D eigenvalue weighted by molar-refractivity contribution is 7.88. The number of aromatic nitrogens is 3. The Morgan fingerprint density at radius 1 is 1.32 bits per heavy atom. The molecular formula is C16H19N5O3S. The Morgan fingerprint density at radius 3 is 2.96 bits per heavy atom. The van der Waals surface area contributed by atoms with Gasteiger partial charge < -0.3 is 9.51 Å². The number of benzene rings is 1. The highest BCUT2D eigenvalue weighted by atomic mass is 32.2. The van der Waals surface area contributed by atoms with E-state index in [0.29, 0.717) is 30.9 Å². The van der Waals surface area contributed by atoms with Crippen molar-refractivity contribution in [2.75, 3.05) is 26.7 Å². The zero-order valence-corrected chi connectivity index (χ0v) is 14.6. The van der Waals surface area contributed by atoms with Crippen LogP contribution in [-0.4, -0.2) is 59.4 Å². The highest BCUT2D eigenvalue weighted by Gasteiger charge is 2.34. The predicted octanol–water partition coefficient (Wildman–Crippen LogP) is 1.37. The monoisotopic (exact) mass is 361 g/mol. The zero-order valence-electron chi connectivity index (χ0n) is 13.8. The number of nitrogens with one attached hydrogen (secondary N) is 1. The average molecular weight is 361 g/mol. The molecule has 1 aliphatic rings. The first-order valence-electron chi connectivity index (χ1n) is 8.05. The molecule has 132 valence electrons. The molecule has 8 nitrogen and oxygen atoms in total. The lowest BCUT2D eigenvalue weighted by Gasteiger charge is -2.37. The first-order valence-corrected chi connectivity index (χ1v) is 9.66. The SMILES string of the molecule is CN1CCN(S(=O)(=O)Cc2noc3ccccc23)C[C@H]1c1ncc[nH]1. The van der Waals surface area contributed by atoms with E-state index in [0.717, 1.165) is 11.2 Å². The van der Waals surface area contributed by atoms with Crippen LogP contribution in [0.15, 0.2) is 41.2 Å². The topological polar surface area (TPSA) is 95.3 Å². The maximum absolute atomic E-state index is 12.9. The molecule has 1 N–H and O–H groups in total. The van der Waals surface area contributed by atoms with Gasteiger partial charge in [0.2, 0.25) is 10.0 Å². The zero-order chi connectivity index (χ0) is 17.4. The molecule has 0 spiro atoms. The fraction of sp³-hybridized carbons (Fsp3) is 0.375. The number of likely N-dealkylation sites (N-methyl/N-ethyl adjacent to an activating group) is 1. The Hall–Kier alpha value is -2.23. The van der Waals surface area contributed by atoms with E-state index in [4.69, 9.17) is 4.52 Å². The van der Waals surface area contributed by atoms with Crippen molar-refractivity contribution in [2.45, 2.75) is 11.8 Å². The van der Waals surface area contributed by atoms with Crippen LogP contribution in [-0.2, 0) is 15.8 Å². The molecule has 0 saturated carbocycles. The molecule has 25 heavy (non-hydrogen) atoms. The van der Waals surface area contributed by atoms with Crippen LogP contribution in [0.1, 0.15) is 17.6 Å². The van der Waals surface area contributed by atoms with Crippen molar-refractivity contribution in [1.82, 2.24) is 24.3 Å². The second-order valence-corrected chi connectivity index (χ2v) is 8.18. The Balaban J connectivity index is 1.57. The van der Waals surface area contributed by atoms with Crippen LogP contribution >= 0.6 is 0 Å². The lowest BCUT2D eigenvalue weighted by molar-refractivity contribution is 0.142. The number of sulfonamides is 1. The molecule has 0 amide bonds. The third kappa shape index (κ3) is 3.06. The van der Waals surface area contributed by atoms with Gasteiger partial charge in [0.15, 0.2) is 5.58 Å². The van der Waals surface area contributed by atoms with E-state index in [1.54, 1.807) is 18.5 Å². The van der Waals surface area contributed by atoms with Crippen molar-refractivity contribution in [3.8, 4) is 0 Å². The molecule has 1 aromatic carbocycles. The van der Waals surface area contributed by atoms with E-state index >= 15 is 0 Å². The van der Waals surface area contributed by atoms with Gasteiger partial charge in [-0.05, 0) is 19.2 Å². The van der Waals surface area contributed by atoms with E-state index < -0.39 is 10.0 Å². The molecule has 3 heterocycles. The molecule has 0 aliphatic carbocycles. The maximum atomic E-state index is 12.9. The summed E-state index contributed by atoms with van der Waals surface area (Å²) in [6.07, 6.45) is 3.43. The molecule has 9 heteroatoms. The third-order valence-corrected chi connectivity index (χ3v) is 6.37. The summed E-state index contributed by atoms with van der Waals surface area (Å²) >= 11 is 0.